The van der Waals surface area contributed by atoms with Crippen molar-refractivity contribution in [3.63, 3.8) is 0 Å². The lowest BCUT2D eigenvalue weighted by Crippen LogP contribution is -2.48. The van der Waals surface area contributed by atoms with E-state index in [4.69, 9.17) is 14.2 Å². The van der Waals surface area contributed by atoms with Crippen LogP contribution in [0, 0.1) is 17.8 Å². The summed E-state index contributed by atoms with van der Waals surface area (Å²) in [5.41, 5.74) is -0.346. The molecular formula is C35H56N2O8. The summed E-state index contributed by atoms with van der Waals surface area (Å²) in [5.74, 6) is -0.752. The molecule has 3 N–H and O–H groups in total. The van der Waals surface area contributed by atoms with Gasteiger partial charge < -0.3 is 34.4 Å². The third-order valence-electron chi connectivity index (χ3n) is 10.3. The molecule has 4 aliphatic rings. The summed E-state index contributed by atoms with van der Waals surface area (Å²) in [6, 6.07) is 0.562. The number of hydrogen-bond donors (Lipinski definition) is 3. The van der Waals surface area contributed by atoms with Crippen LogP contribution in [0.5, 0.6) is 0 Å². The first-order valence-electron chi connectivity index (χ1n) is 16.8. The highest BCUT2D eigenvalue weighted by Crippen LogP contribution is 2.38. The van der Waals surface area contributed by atoms with Crippen molar-refractivity contribution >= 4 is 12.1 Å². The predicted molar refractivity (Wildman–Crippen MR) is 171 cm³/mol. The number of rotatable bonds is 9. The molecule has 0 aromatic carbocycles. The number of fused-ring (bicyclic) bond motifs is 2. The summed E-state index contributed by atoms with van der Waals surface area (Å²) in [7, 11) is 2.09. The van der Waals surface area contributed by atoms with Gasteiger partial charge in [0.15, 0.2) is 0 Å². The van der Waals surface area contributed by atoms with Gasteiger partial charge in [-0.25, -0.2) is 4.79 Å². The van der Waals surface area contributed by atoms with Gasteiger partial charge in [0.1, 0.15) is 12.2 Å². The van der Waals surface area contributed by atoms with Crippen LogP contribution in [0.2, 0.25) is 0 Å². The highest BCUT2D eigenvalue weighted by molar-refractivity contribution is 5.70. The Bertz CT molecular complexity index is 1120. The van der Waals surface area contributed by atoms with E-state index >= 15 is 0 Å². The number of nitrogens with zero attached hydrogens (tertiary/aromatic N) is 2. The van der Waals surface area contributed by atoms with Crippen molar-refractivity contribution in [2.24, 2.45) is 17.8 Å². The number of likely N-dealkylation sites (N-methyl/N-ethyl adjacent to an activating group) is 1. The Kier molecular flexibility index (Phi) is 12.0. The second-order valence-electron chi connectivity index (χ2n) is 14.4. The number of ether oxygens (including phenoxy) is 3. The Labute approximate surface area is 269 Å². The Morgan fingerprint density at radius 2 is 1.96 bits per heavy atom. The lowest BCUT2D eigenvalue weighted by molar-refractivity contribution is -0.151. The number of likely N-dealkylation sites (tertiary alicyclic amines) is 2. The van der Waals surface area contributed by atoms with Crippen LogP contribution in [0.4, 0.5) is 4.79 Å². The van der Waals surface area contributed by atoms with E-state index in [2.05, 4.69) is 11.9 Å². The van der Waals surface area contributed by atoms with Crippen LogP contribution < -0.4 is 0 Å². The minimum atomic E-state index is -1.12. The number of carbonyl (C=O) groups excluding carboxylic acids is 2. The van der Waals surface area contributed by atoms with Crippen LogP contribution in [-0.4, -0.2) is 112 Å². The second kappa shape index (κ2) is 15.1. The maximum Gasteiger partial charge on any atom is 0.410 e. The first-order chi connectivity index (χ1) is 21.2. The molecule has 12 atom stereocenters. The lowest BCUT2D eigenvalue weighted by Gasteiger charge is -2.33. The van der Waals surface area contributed by atoms with Gasteiger partial charge in [-0.15, -0.1) is 0 Å². The standard InChI is InChI=1S/C35H56N2O8/c1-8-28(39)24(5)33-30(43-33)18-35(6,42)15-9-10-22(3)32-23(4)12-14-29(21(2)11-13-27(38)17-31(40)45-32)44-34(41)37-20-25-16-26(37)19-36(25)7/h9-10,12,14-15,21,23-30,32-33,38-39,42H,8,11,13,16-20H2,1-7H3/b14-12-,15-9+,22-10+/t21?,23?,24?,25-,26-,27?,28?,29?,30?,32?,33?,35?/m0/s1. The minimum absolute atomic E-state index is 0.00853. The molecule has 10 unspecified atom stereocenters. The molecule has 0 radical (unpaired) electrons. The highest BCUT2D eigenvalue weighted by atomic mass is 16.6. The zero-order chi connectivity index (χ0) is 33.1. The number of carbonyl (C=O) groups is 2. The average Bonchev–Trinajstić information content (AvgIpc) is 3.44. The van der Waals surface area contributed by atoms with Crippen molar-refractivity contribution in [2.45, 2.75) is 134 Å². The number of piperazine rings is 1. The molecule has 10 heteroatoms. The molecule has 0 spiro atoms. The maximum absolute atomic E-state index is 13.2. The fourth-order valence-electron chi connectivity index (χ4n) is 7.07. The first kappa shape index (κ1) is 35.6. The molecule has 45 heavy (non-hydrogen) atoms. The monoisotopic (exact) mass is 632 g/mol. The molecule has 4 heterocycles. The summed E-state index contributed by atoms with van der Waals surface area (Å²) in [6.07, 6.45) is 9.23. The van der Waals surface area contributed by atoms with E-state index in [9.17, 15) is 24.9 Å². The summed E-state index contributed by atoms with van der Waals surface area (Å²) >= 11 is 0. The topological polar surface area (TPSA) is 132 Å². The van der Waals surface area contributed by atoms with E-state index in [1.807, 2.05) is 57.7 Å². The van der Waals surface area contributed by atoms with Crippen LogP contribution in [0.15, 0.2) is 36.0 Å². The van der Waals surface area contributed by atoms with Crippen LogP contribution >= 0.6 is 0 Å². The quantitative estimate of drug-likeness (QED) is 0.149. The normalized spacial score (nSPS) is 38.2. The Hall–Kier alpha value is -2.24. The smallest absolute Gasteiger partial charge is 0.410 e. The number of hydrogen-bond acceptors (Lipinski definition) is 9. The minimum Gasteiger partial charge on any atom is -0.457 e. The van der Waals surface area contributed by atoms with Crippen LogP contribution in [0.25, 0.3) is 0 Å². The van der Waals surface area contributed by atoms with Crippen molar-refractivity contribution in [2.75, 3.05) is 20.1 Å². The molecule has 4 aliphatic heterocycles. The molecule has 3 fully saturated rings. The van der Waals surface area contributed by atoms with Gasteiger partial charge in [-0.1, -0.05) is 52.0 Å². The van der Waals surface area contributed by atoms with Gasteiger partial charge in [0.05, 0.1) is 36.4 Å². The number of esters is 1. The maximum atomic E-state index is 13.2. The molecule has 1 amide bonds. The van der Waals surface area contributed by atoms with E-state index < -0.39 is 36.0 Å². The van der Waals surface area contributed by atoms with Crippen LogP contribution in [-0.2, 0) is 19.0 Å². The van der Waals surface area contributed by atoms with Crippen molar-refractivity contribution in [1.29, 1.82) is 0 Å². The second-order valence-corrected chi connectivity index (χ2v) is 14.4. The molecule has 10 nitrogen and oxygen atoms in total. The Balaban J connectivity index is 1.43. The summed E-state index contributed by atoms with van der Waals surface area (Å²) in [6.45, 7) is 13.0. The van der Waals surface area contributed by atoms with E-state index in [0.29, 0.717) is 38.3 Å². The fraction of sp³-hybridized carbons (Fsp3) is 0.771. The molecule has 4 rings (SSSR count). The third-order valence-corrected chi connectivity index (χ3v) is 10.3. The summed E-state index contributed by atoms with van der Waals surface area (Å²) in [5, 5.41) is 31.7. The van der Waals surface area contributed by atoms with E-state index in [0.717, 1.165) is 18.5 Å². The number of allylic oxidation sites excluding steroid dienone is 2. The highest BCUT2D eigenvalue weighted by Gasteiger charge is 2.47. The number of amides is 1. The van der Waals surface area contributed by atoms with E-state index in [1.165, 1.54) is 0 Å². The molecule has 0 aliphatic carbocycles. The van der Waals surface area contributed by atoms with Crippen molar-refractivity contribution < 1.29 is 39.1 Å². The molecule has 0 saturated carbocycles. The van der Waals surface area contributed by atoms with Crippen LogP contribution in [0.1, 0.15) is 80.1 Å². The molecule has 3 saturated heterocycles. The first-order valence-corrected chi connectivity index (χ1v) is 16.8. The van der Waals surface area contributed by atoms with E-state index in [1.54, 1.807) is 19.1 Å². The average molecular weight is 633 g/mol. The number of cyclic esters (lactones) is 1. The van der Waals surface area contributed by atoms with Crippen molar-refractivity contribution in [3.8, 4) is 0 Å². The van der Waals surface area contributed by atoms with Crippen molar-refractivity contribution in [3.05, 3.63) is 36.0 Å². The Morgan fingerprint density at radius 3 is 2.60 bits per heavy atom. The van der Waals surface area contributed by atoms with Gasteiger partial charge in [-0.05, 0) is 64.1 Å². The molecule has 2 bridgehead atoms. The van der Waals surface area contributed by atoms with E-state index in [-0.39, 0.29) is 48.5 Å². The van der Waals surface area contributed by atoms with Gasteiger partial charge in [0, 0.05) is 43.4 Å². The molecule has 0 aromatic heterocycles. The molecule has 0 aromatic rings. The lowest BCUT2D eigenvalue weighted by atomic mass is 9.91. The Morgan fingerprint density at radius 1 is 1.22 bits per heavy atom. The number of aliphatic hydroxyl groups is 3. The largest absolute Gasteiger partial charge is 0.457 e. The SMILES string of the molecule is CCC(O)C(C)C1OC1CC(C)(O)/C=C/C=C(\C)C1OC(=O)CC(O)CCC(C)C(OC(=O)N2C[C@@H]3C[C@H]2CN3C)/C=C\C1C. The zero-order valence-electron chi connectivity index (χ0n) is 28.2. The van der Waals surface area contributed by atoms with Gasteiger partial charge in [-0.3, -0.25) is 9.69 Å². The summed E-state index contributed by atoms with van der Waals surface area (Å²) < 4.78 is 17.7. The number of epoxide rings is 1. The third kappa shape index (κ3) is 9.41. The van der Waals surface area contributed by atoms with Gasteiger partial charge >= 0.3 is 12.1 Å². The van der Waals surface area contributed by atoms with Crippen LogP contribution in [0.3, 0.4) is 0 Å². The zero-order valence-corrected chi connectivity index (χ0v) is 28.2. The molecular weight excluding hydrogens is 576 g/mol. The predicted octanol–water partition coefficient (Wildman–Crippen LogP) is 3.98. The number of aliphatic hydroxyl groups excluding tert-OH is 2. The summed E-state index contributed by atoms with van der Waals surface area (Å²) in [4.78, 5) is 30.2. The van der Waals surface area contributed by atoms with Crippen molar-refractivity contribution in [1.82, 2.24) is 9.80 Å². The fourth-order valence-corrected chi connectivity index (χ4v) is 7.07. The van der Waals surface area contributed by atoms with Gasteiger partial charge in [-0.2, -0.15) is 0 Å². The van der Waals surface area contributed by atoms with Gasteiger partial charge in [0.25, 0.3) is 0 Å². The molecule has 254 valence electrons. The van der Waals surface area contributed by atoms with Gasteiger partial charge in [0.2, 0.25) is 0 Å².